The SMILES string of the molecule is Cc1cc(NC(=O)CC2CC3CCC(C2)N3)n(-c2ccc(F)cc2)n1. The molecule has 132 valence electrons. The molecule has 2 unspecified atom stereocenters. The number of aromatic nitrogens is 2. The molecule has 0 radical (unpaired) electrons. The van der Waals surface area contributed by atoms with Crippen LogP contribution in [-0.4, -0.2) is 27.8 Å². The molecule has 3 heterocycles. The number of fused-ring (bicyclic) bond motifs is 2. The molecular weight excluding hydrogens is 319 g/mol. The van der Waals surface area contributed by atoms with E-state index >= 15 is 0 Å². The lowest BCUT2D eigenvalue weighted by Crippen LogP contribution is -2.39. The fourth-order valence-corrected chi connectivity index (χ4v) is 4.17. The Morgan fingerprint density at radius 1 is 1.28 bits per heavy atom. The molecule has 2 fully saturated rings. The van der Waals surface area contributed by atoms with Crippen molar-refractivity contribution in [3.05, 3.63) is 41.8 Å². The van der Waals surface area contributed by atoms with Crippen LogP contribution < -0.4 is 10.6 Å². The first-order chi connectivity index (χ1) is 12.1. The summed E-state index contributed by atoms with van der Waals surface area (Å²) in [5.41, 5.74) is 1.53. The molecule has 2 atom stereocenters. The molecular formula is C19H23FN4O. The lowest BCUT2D eigenvalue weighted by Gasteiger charge is -2.28. The van der Waals surface area contributed by atoms with Gasteiger partial charge in [-0.15, -0.1) is 0 Å². The number of piperidine rings is 1. The van der Waals surface area contributed by atoms with Crippen molar-refractivity contribution in [3.63, 3.8) is 0 Å². The second-order valence-electron chi connectivity index (χ2n) is 7.29. The maximum atomic E-state index is 13.1. The number of nitrogens with zero attached hydrogens (tertiary/aromatic N) is 2. The summed E-state index contributed by atoms with van der Waals surface area (Å²) in [4.78, 5) is 12.5. The maximum absolute atomic E-state index is 13.1. The largest absolute Gasteiger partial charge is 0.311 e. The molecule has 25 heavy (non-hydrogen) atoms. The molecule has 5 nitrogen and oxygen atoms in total. The minimum Gasteiger partial charge on any atom is -0.311 e. The van der Waals surface area contributed by atoms with Gasteiger partial charge in [0.25, 0.3) is 0 Å². The van der Waals surface area contributed by atoms with Gasteiger partial charge in [0.1, 0.15) is 11.6 Å². The minimum absolute atomic E-state index is 0.0227. The van der Waals surface area contributed by atoms with Crippen molar-refractivity contribution in [2.75, 3.05) is 5.32 Å². The summed E-state index contributed by atoms with van der Waals surface area (Å²) in [6.07, 6.45) is 5.18. The number of rotatable bonds is 4. The van der Waals surface area contributed by atoms with Crippen molar-refractivity contribution in [1.82, 2.24) is 15.1 Å². The first-order valence-corrected chi connectivity index (χ1v) is 8.95. The number of benzene rings is 1. The van der Waals surface area contributed by atoms with E-state index in [1.165, 1.54) is 25.0 Å². The Bertz CT molecular complexity index is 758. The lowest BCUT2D eigenvalue weighted by atomic mass is 9.89. The first kappa shape index (κ1) is 16.3. The molecule has 1 aromatic heterocycles. The Balaban J connectivity index is 1.45. The molecule has 0 spiro atoms. The summed E-state index contributed by atoms with van der Waals surface area (Å²) in [5.74, 6) is 0.807. The highest BCUT2D eigenvalue weighted by Gasteiger charge is 2.34. The predicted octanol–water partition coefficient (Wildman–Crippen LogP) is 3.18. The predicted molar refractivity (Wildman–Crippen MR) is 94.2 cm³/mol. The number of carbonyl (C=O) groups excluding carboxylic acids is 1. The van der Waals surface area contributed by atoms with E-state index in [1.807, 2.05) is 13.0 Å². The van der Waals surface area contributed by atoms with E-state index in [1.54, 1.807) is 16.8 Å². The number of hydrogen-bond acceptors (Lipinski definition) is 3. The number of halogens is 1. The smallest absolute Gasteiger partial charge is 0.225 e. The monoisotopic (exact) mass is 342 g/mol. The second kappa shape index (κ2) is 6.59. The van der Waals surface area contributed by atoms with Crippen molar-refractivity contribution in [2.24, 2.45) is 5.92 Å². The lowest BCUT2D eigenvalue weighted by molar-refractivity contribution is -0.117. The van der Waals surface area contributed by atoms with Crippen LogP contribution in [0.3, 0.4) is 0 Å². The van der Waals surface area contributed by atoms with Gasteiger partial charge in [0.15, 0.2) is 0 Å². The number of hydrogen-bond donors (Lipinski definition) is 2. The second-order valence-corrected chi connectivity index (χ2v) is 7.29. The van der Waals surface area contributed by atoms with Gasteiger partial charge in [-0.25, -0.2) is 9.07 Å². The molecule has 2 aromatic rings. The molecule has 0 saturated carbocycles. The zero-order valence-electron chi connectivity index (χ0n) is 14.3. The molecule has 1 aromatic carbocycles. The number of carbonyl (C=O) groups is 1. The van der Waals surface area contributed by atoms with Crippen LogP contribution in [0.25, 0.3) is 5.69 Å². The average molecular weight is 342 g/mol. The van der Waals surface area contributed by atoms with Crippen molar-refractivity contribution < 1.29 is 9.18 Å². The van der Waals surface area contributed by atoms with Crippen molar-refractivity contribution in [2.45, 2.75) is 51.1 Å². The van der Waals surface area contributed by atoms with Gasteiger partial charge < -0.3 is 10.6 Å². The molecule has 2 saturated heterocycles. The normalized spacial score (nSPS) is 25.1. The fraction of sp³-hybridized carbons (Fsp3) is 0.474. The van der Waals surface area contributed by atoms with Gasteiger partial charge in [-0.1, -0.05) is 0 Å². The van der Waals surface area contributed by atoms with Gasteiger partial charge in [-0.05, 0) is 62.8 Å². The molecule has 2 aliphatic rings. The van der Waals surface area contributed by atoms with E-state index in [9.17, 15) is 9.18 Å². The fourth-order valence-electron chi connectivity index (χ4n) is 4.17. The van der Waals surface area contributed by atoms with Gasteiger partial charge in [-0.2, -0.15) is 5.10 Å². The van der Waals surface area contributed by atoms with Crippen LogP contribution in [0.15, 0.2) is 30.3 Å². The van der Waals surface area contributed by atoms with Gasteiger partial charge in [-0.3, -0.25) is 4.79 Å². The summed E-state index contributed by atoms with van der Waals surface area (Å²) in [6.45, 7) is 1.88. The van der Waals surface area contributed by atoms with Crippen molar-refractivity contribution in [3.8, 4) is 5.69 Å². The molecule has 6 heteroatoms. The van der Waals surface area contributed by atoms with E-state index in [-0.39, 0.29) is 11.7 Å². The van der Waals surface area contributed by atoms with E-state index in [0.717, 1.165) is 24.2 Å². The van der Waals surface area contributed by atoms with Crippen molar-refractivity contribution >= 4 is 11.7 Å². The summed E-state index contributed by atoms with van der Waals surface area (Å²) >= 11 is 0. The standard InChI is InChI=1S/C19H23FN4O/c1-12-8-18(24(23-12)17-6-2-14(20)3-7-17)22-19(25)11-13-9-15-4-5-16(10-13)21-15/h2-3,6-8,13,15-16,21H,4-5,9-11H2,1H3,(H,22,25). The van der Waals surface area contributed by atoms with Crippen LogP contribution >= 0.6 is 0 Å². The Kier molecular flexibility index (Phi) is 4.29. The molecule has 2 bridgehead atoms. The molecule has 4 rings (SSSR count). The zero-order chi connectivity index (χ0) is 17.4. The van der Waals surface area contributed by atoms with Gasteiger partial charge in [0.05, 0.1) is 11.4 Å². The first-order valence-electron chi connectivity index (χ1n) is 8.95. The van der Waals surface area contributed by atoms with Gasteiger partial charge >= 0.3 is 0 Å². The molecule has 2 aliphatic heterocycles. The maximum Gasteiger partial charge on any atom is 0.225 e. The Morgan fingerprint density at radius 3 is 2.64 bits per heavy atom. The van der Waals surface area contributed by atoms with Crippen LogP contribution in [0.5, 0.6) is 0 Å². The molecule has 0 aliphatic carbocycles. The highest BCUT2D eigenvalue weighted by molar-refractivity contribution is 5.90. The van der Waals surface area contributed by atoms with Gasteiger partial charge in [0, 0.05) is 24.6 Å². The highest BCUT2D eigenvalue weighted by Crippen LogP contribution is 2.32. The van der Waals surface area contributed by atoms with E-state index in [4.69, 9.17) is 0 Å². The third-order valence-corrected chi connectivity index (χ3v) is 5.21. The van der Waals surface area contributed by atoms with Crippen LogP contribution in [0.2, 0.25) is 0 Å². The van der Waals surface area contributed by atoms with Crippen molar-refractivity contribution in [1.29, 1.82) is 0 Å². The van der Waals surface area contributed by atoms with E-state index < -0.39 is 0 Å². The summed E-state index contributed by atoms with van der Waals surface area (Å²) in [7, 11) is 0. The Hall–Kier alpha value is -2.21. The highest BCUT2D eigenvalue weighted by atomic mass is 19.1. The third-order valence-electron chi connectivity index (χ3n) is 5.21. The number of nitrogens with one attached hydrogen (secondary N) is 2. The Labute approximate surface area is 146 Å². The van der Waals surface area contributed by atoms with E-state index in [2.05, 4.69) is 15.7 Å². The van der Waals surface area contributed by atoms with E-state index in [0.29, 0.717) is 30.2 Å². The molecule has 1 amide bonds. The minimum atomic E-state index is -0.293. The van der Waals surface area contributed by atoms with Crippen LogP contribution in [0.1, 0.15) is 37.8 Å². The zero-order valence-corrected chi connectivity index (χ0v) is 14.3. The quantitative estimate of drug-likeness (QED) is 0.897. The summed E-state index contributed by atoms with van der Waals surface area (Å²) in [5, 5.41) is 11.0. The average Bonchev–Trinajstić information content (AvgIpc) is 3.10. The van der Waals surface area contributed by atoms with Crippen LogP contribution in [-0.2, 0) is 4.79 Å². The number of anilines is 1. The summed E-state index contributed by atoms with van der Waals surface area (Å²) in [6, 6.07) is 9.11. The van der Waals surface area contributed by atoms with Gasteiger partial charge in [0.2, 0.25) is 5.91 Å². The summed E-state index contributed by atoms with van der Waals surface area (Å²) < 4.78 is 14.8. The van der Waals surface area contributed by atoms with Crippen LogP contribution in [0.4, 0.5) is 10.2 Å². The topological polar surface area (TPSA) is 59.0 Å². The third kappa shape index (κ3) is 3.58. The van der Waals surface area contributed by atoms with Crippen LogP contribution in [0, 0.1) is 18.7 Å². The molecule has 2 N–H and O–H groups in total. The Morgan fingerprint density at radius 2 is 1.96 bits per heavy atom. The number of amides is 1. The number of aryl methyl sites for hydroxylation is 1.